The number of hydrogen-bond acceptors (Lipinski definition) is 4. The van der Waals surface area contributed by atoms with Gasteiger partial charge in [0, 0.05) is 18.7 Å². The maximum atomic E-state index is 13.1. The first-order chi connectivity index (χ1) is 14.5. The van der Waals surface area contributed by atoms with Crippen LogP contribution in [0.3, 0.4) is 0 Å². The number of aryl methyl sites for hydroxylation is 1. The monoisotopic (exact) mass is 455 g/mol. The van der Waals surface area contributed by atoms with Gasteiger partial charge in [0.15, 0.2) is 0 Å². The predicted octanol–water partition coefficient (Wildman–Crippen LogP) is 3.24. The van der Waals surface area contributed by atoms with Gasteiger partial charge in [0.05, 0.1) is 22.7 Å². The molecule has 2 amide bonds. The van der Waals surface area contributed by atoms with E-state index < -0.39 is 39.9 Å². The maximum absolute atomic E-state index is 13.1. The molecule has 0 saturated heterocycles. The summed E-state index contributed by atoms with van der Waals surface area (Å²) in [7, 11) is -4.09. The smallest absolute Gasteiger partial charge is 0.326 e. The number of para-hydroxylation sites is 1. The topological polar surface area (TPSA) is 95.6 Å². The Morgan fingerprint density at radius 3 is 2.55 bits per heavy atom. The highest BCUT2D eigenvalue weighted by Crippen LogP contribution is 2.34. The Kier molecular flexibility index (Phi) is 6.37. The van der Waals surface area contributed by atoms with E-state index >= 15 is 0 Å². The molecule has 11 heteroatoms. The molecular formula is C20H20F3N3O4S. The Bertz CT molecular complexity index is 1120. The first-order valence-electron chi connectivity index (χ1n) is 9.41. The van der Waals surface area contributed by atoms with Crippen LogP contribution in [0.25, 0.3) is 0 Å². The summed E-state index contributed by atoms with van der Waals surface area (Å²) in [6, 6.07) is 8.69. The van der Waals surface area contributed by atoms with E-state index in [2.05, 4.69) is 10.6 Å². The van der Waals surface area contributed by atoms with Gasteiger partial charge in [-0.15, -0.1) is 0 Å². The molecule has 2 aromatic rings. The zero-order valence-electron chi connectivity index (χ0n) is 16.5. The summed E-state index contributed by atoms with van der Waals surface area (Å²) in [6.45, 7) is 0.802. The zero-order valence-corrected chi connectivity index (χ0v) is 17.3. The van der Waals surface area contributed by atoms with Crippen molar-refractivity contribution in [1.82, 2.24) is 4.31 Å². The van der Waals surface area contributed by atoms with Crippen LogP contribution in [0.15, 0.2) is 47.4 Å². The van der Waals surface area contributed by atoms with Gasteiger partial charge in [-0.2, -0.15) is 17.5 Å². The molecule has 0 aromatic heterocycles. The minimum atomic E-state index is -4.67. The number of nitrogens with one attached hydrogen (secondary N) is 2. The number of amides is 2. The number of alkyl halides is 3. The van der Waals surface area contributed by atoms with E-state index in [1.165, 1.54) is 37.3 Å². The Labute approximate surface area is 177 Å². The highest BCUT2D eigenvalue weighted by Gasteiger charge is 2.34. The van der Waals surface area contributed by atoms with Crippen LogP contribution >= 0.6 is 0 Å². The van der Waals surface area contributed by atoms with Crippen molar-refractivity contribution in [3.63, 3.8) is 0 Å². The number of anilines is 2. The van der Waals surface area contributed by atoms with Crippen LogP contribution in [0.2, 0.25) is 0 Å². The van der Waals surface area contributed by atoms with Crippen molar-refractivity contribution in [3.8, 4) is 0 Å². The fourth-order valence-corrected chi connectivity index (χ4v) is 4.68. The van der Waals surface area contributed by atoms with Gasteiger partial charge in [-0.25, -0.2) is 8.42 Å². The molecule has 2 N–H and O–H groups in total. The van der Waals surface area contributed by atoms with E-state index in [1.54, 1.807) is 0 Å². The van der Waals surface area contributed by atoms with E-state index in [-0.39, 0.29) is 23.8 Å². The lowest BCUT2D eigenvalue weighted by atomic mass is 10.0. The Hall–Kier alpha value is -2.92. The van der Waals surface area contributed by atoms with Crippen molar-refractivity contribution in [2.75, 3.05) is 23.7 Å². The van der Waals surface area contributed by atoms with Crippen LogP contribution in [-0.4, -0.2) is 37.6 Å². The minimum Gasteiger partial charge on any atom is -0.326 e. The number of hydrogen-bond donors (Lipinski definition) is 2. The summed E-state index contributed by atoms with van der Waals surface area (Å²) in [6.07, 6.45) is -4.06. The van der Waals surface area contributed by atoms with Crippen LogP contribution in [0.5, 0.6) is 0 Å². The molecule has 0 radical (unpaired) electrons. The van der Waals surface area contributed by atoms with Crippen molar-refractivity contribution in [2.24, 2.45) is 0 Å². The Balaban J connectivity index is 1.79. The van der Waals surface area contributed by atoms with Gasteiger partial charge in [0.2, 0.25) is 21.8 Å². The van der Waals surface area contributed by atoms with Crippen molar-refractivity contribution in [3.05, 3.63) is 53.6 Å². The van der Waals surface area contributed by atoms with E-state index in [4.69, 9.17) is 0 Å². The molecule has 31 heavy (non-hydrogen) atoms. The predicted molar refractivity (Wildman–Crippen MR) is 108 cm³/mol. The van der Waals surface area contributed by atoms with Gasteiger partial charge >= 0.3 is 6.18 Å². The standard InChI is InChI=1S/C20H20F3N3O4S/c1-2-26(12-19(28)25-17-6-4-3-5-15(17)20(21,22)23)31(29,30)14-8-9-16-13(11-14)7-10-18(27)24-16/h3-6,8-9,11H,2,7,10,12H2,1H3,(H,24,27)(H,25,28). The highest BCUT2D eigenvalue weighted by atomic mass is 32.2. The van der Waals surface area contributed by atoms with Gasteiger partial charge in [0.1, 0.15) is 0 Å². The van der Waals surface area contributed by atoms with Gasteiger partial charge in [-0.05, 0) is 42.3 Å². The largest absolute Gasteiger partial charge is 0.418 e. The molecule has 1 aliphatic heterocycles. The number of rotatable bonds is 6. The second-order valence-corrected chi connectivity index (χ2v) is 8.83. The molecule has 0 atom stereocenters. The van der Waals surface area contributed by atoms with Gasteiger partial charge in [0.25, 0.3) is 0 Å². The lowest BCUT2D eigenvalue weighted by molar-refractivity contribution is -0.137. The summed E-state index contributed by atoms with van der Waals surface area (Å²) >= 11 is 0. The van der Waals surface area contributed by atoms with E-state index in [9.17, 15) is 31.2 Å². The van der Waals surface area contributed by atoms with E-state index in [0.29, 0.717) is 17.7 Å². The first-order valence-corrected chi connectivity index (χ1v) is 10.9. The normalized spacial score (nSPS) is 14.2. The van der Waals surface area contributed by atoms with Gasteiger partial charge in [-0.1, -0.05) is 19.1 Å². The molecule has 0 bridgehead atoms. The summed E-state index contributed by atoms with van der Waals surface area (Å²) < 4.78 is 66.2. The third-order valence-electron chi connectivity index (χ3n) is 4.79. The molecule has 0 saturated carbocycles. The Morgan fingerprint density at radius 2 is 1.87 bits per heavy atom. The second kappa shape index (κ2) is 8.67. The number of sulfonamides is 1. The molecular weight excluding hydrogens is 435 g/mol. The van der Waals surface area contributed by atoms with Crippen LogP contribution < -0.4 is 10.6 Å². The highest BCUT2D eigenvalue weighted by molar-refractivity contribution is 7.89. The molecule has 0 unspecified atom stereocenters. The van der Waals surface area contributed by atoms with Crippen molar-refractivity contribution < 1.29 is 31.2 Å². The van der Waals surface area contributed by atoms with E-state index in [0.717, 1.165) is 16.4 Å². The molecule has 0 spiro atoms. The average molecular weight is 455 g/mol. The number of fused-ring (bicyclic) bond motifs is 1. The fourth-order valence-electron chi connectivity index (χ4n) is 3.23. The van der Waals surface area contributed by atoms with Crippen LogP contribution in [0.4, 0.5) is 24.5 Å². The number of halogens is 3. The Morgan fingerprint density at radius 1 is 1.16 bits per heavy atom. The lowest BCUT2D eigenvalue weighted by Crippen LogP contribution is -2.38. The first kappa shape index (κ1) is 22.8. The number of likely N-dealkylation sites (N-methyl/N-ethyl adjacent to an activating group) is 1. The van der Waals surface area contributed by atoms with Crippen LogP contribution in [0, 0.1) is 0 Å². The van der Waals surface area contributed by atoms with Crippen molar-refractivity contribution in [2.45, 2.75) is 30.8 Å². The summed E-state index contributed by atoms with van der Waals surface area (Å²) in [5.74, 6) is -1.05. The minimum absolute atomic E-state index is 0.0623. The van der Waals surface area contributed by atoms with Gasteiger partial charge < -0.3 is 10.6 Å². The summed E-state index contributed by atoms with van der Waals surface area (Å²) in [5, 5.41) is 4.80. The maximum Gasteiger partial charge on any atom is 0.418 e. The van der Waals surface area contributed by atoms with Crippen LogP contribution in [0.1, 0.15) is 24.5 Å². The molecule has 1 heterocycles. The molecule has 166 valence electrons. The van der Waals surface area contributed by atoms with Crippen LogP contribution in [-0.2, 0) is 32.2 Å². The number of benzene rings is 2. The summed E-state index contributed by atoms with van der Waals surface area (Å²) in [4.78, 5) is 23.8. The number of carbonyl (C=O) groups is 2. The third kappa shape index (κ3) is 5.05. The second-order valence-electron chi connectivity index (χ2n) is 6.89. The SMILES string of the molecule is CCN(CC(=O)Nc1ccccc1C(F)(F)F)S(=O)(=O)c1ccc2c(c1)CCC(=O)N2. The van der Waals surface area contributed by atoms with Crippen molar-refractivity contribution in [1.29, 1.82) is 0 Å². The zero-order chi connectivity index (χ0) is 22.8. The number of carbonyl (C=O) groups excluding carboxylic acids is 2. The average Bonchev–Trinajstić information content (AvgIpc) is 2.71. The third-order valence-corrected chi connectivity index (χ3v) is 6.71. The molecule has 0 fully saturated rings. The number of nitrogens with zero attached hydrogens (tertiary/aromatic N) is 1. The molecule has 3 rings (SSSR count). The van der Waals surface area contributed by atoms with E-state index in [1.807, 2.05) is 0 Å². The summed E-state index contributed by atoms with van der Waals surface area (Å²) in [5.41, 5.74) is -0.288. The molecule has 7 nitrogen and oxygen atoms in total. The fraction of sp³-hybridized carbons (Fsp3) is 0.300. The quantitative estimate of drug-likeness (QED) is 0.699. The molecule has 1 aliphatic rings. The molecule has 2 aromatic carbocycles. The lowest BCUT2D eigenvalue weighted by Gasteiger charge is -2.22. The van der Waals surface area contributed by atoms with Crippen molar-refractivity contribution >= 4 is 33.2 Å². The molecule has 0 aliphatic carbocycles. The van der Waals surface area contributed by atoms with Gasteiger partial charge in [-0.3, -0.25) is 9.59 Å².